The normalized spacial score (nSPS) is 12.5. The number of benzene rings is 3. The molecule has 4 aromatic rings. The van der Waals surface area contributed by atoms with Crippen molar-refractivity contribution in [2.24, 2.45) is 0 Å². The topological polar surface area (TPSA) is 85.0 Å². The summed E-state index contributed by atoms with van der Waals surface area (Å²) in [6, 6.07) is 19.5. The summed E-state index contributed by atoms with van der Waals surface area (Å²) in [5.41, 5.74) is 2.71. The van der Waals surface area contributed by atoms with Gasteiger partial charge in [0, 0.05) is 22.1 Å². The number of rotatable bonds is 4. The molecule has 8 heteroatoms. The van der Waals surface area contributed by atoms with E-state index in [1.165, 1.54) is 30.3 Å². The zero-order valence-corrected chi connectivity index (χ0v) is 16.8. The molecule has 0 spiro atoms. The Kier molecular flexibility index (Phi) is 4.79. The Hall–Kier alpha value is -4.64. The molecule has 0 bridgehead atoms. The van der Waals surface area contributed by atoms with Crippen LogP contribution in [0.25, 0.3) is 28.2 Å². The van der Waals surface area contributed by atoms with Crippen LogP contribution in [0.1, 0.15) is 26.3 Å². The first kappa shape index (κ1) is 20.3. The number of alkyl halides is 2. The first-order chi connectivity index (χ1) is 16.0. The van der Waals surface area contributed by atoms with Crippen molar-refractivity contribution >= 4 is 28.7 Å². The van der Waals surface area contributed by atoms with Crippen molar-refractivity contribution in [1.82, 2.24) is 9.78 Å². The smallest absolute Gasteiger partial charge is 0.387 e. The number of aromatic nitrogens is 2. The second-order valence-corrected chi connectivity index (χ2v) is 7.26. The Morgan fingerprint density at radius 2 is 1.70 bits per heavy atom. The quantitative estimate of drug-likeness (QED) is 0.286. The first-order valence-corrected chi connectivity index (χ1v) is 9.85. The number of fused-ring (bicyclic) bond motifs is 2. The summed E-state index contributed by atoms with van der Waals surface area (Å²) >= 11 is 0. The fraction of sp³-hybridized carbons (Fsp3) is 0.0400. The van der Waals surface area contributed by atoms with Gasteiger partial charge in [-0.3, -0.25) is 9.59 Å². The van der Waals surface area contributed by atoms with E-state index in [-0.39, 0.29) is 17.1 Å². The molecule has 6 nitrogen and oxygen atoms in total. The molecule has 0 N–H and O–H groups in total. The van der Waals surface area contributed by atoms with Crippen LogP contribution in [0.3, 0.4) is 0 Å². The molecule has 0 radical (unpaired) electrons. The molecule has 0 unspecified atom stereocenters. The molecule has 0 fully saturated rings. The molecule has 1 aromatic heterocycles. The molecule has 0 saturated carbocycles. The van der Waals surface area contributed by atoms with Gasteiger partial charge in [-0.1, -0.05) is 48.5 Å². The predicted molar refractivity (Wildman–Crippen MR) is 116 cm³/mol. The van der Waals surface area contributed by atoms with Gasteiger partial charge in [-0.25, -0.2) is 0 Å². The van der Waals surface area contributed by atoms with E-state index in [0.29, 0.717) is 38.9 Å². The lowest BCUT2D eigenvalue weighted by Crippen LogP contribution is -2.14. The molecular formula is C25H13F2N3O3. The van der Waals surface area contributed by atoms with Crippen molar-refractivity contribution in [2.75, 3.05) is 0 Å². The molecule has 1 aliphatic carbocycles. The lowest BCUT2D eigenvalue weighted by Gasteiger charge is -2.13. The minimum absolute atomic E-state index is 0.0380. The summed E-state index contributed by atoms with van der Waals surface area (Å²) in [5.74, 6) is -0.868. The number of nitrogens with zero attached hydrogens (tertiary/aromatic N) is 3. The molecule has 33 heavy (non-hydrogen) atoms. The van der Waals surface area contributed by atoms with E-state index in [4.69, 9.17) is 0 Å². The van der Waals surface area contributed by atoms with Gasteiger partial charge in [0.25, 0.3) is 5.91 Å². The van der Waals surface area contributed by atoms with Crippen molar-refractivity contribution in [1.29, 1.82) is 5.26 Å². The molecule has 1 heterocycles. The molecule has 0 amide bonds. The molecular weight excluding hydrogens is 428 g/mol. The van der Waals surface area contributed by atoms with Crippen LogP contribution in [0.15, 0.2) is 72.3 Å². The SMILES string of the molecule is N#C/C(=C\c1ccc(OC(F)F)cc1)C(=O)n1nc2c3c(cccc31)C(=O)c1ccccc1-2. The molecule has 0 atom stereocenters. The Balaban J connectivity index is 1.59. The van der Waals surface area contributed by atoms with Gasteiger partial charge >= 0.3 is 6.61 Å². The van der Waals surface area contributed by atoms with Crippen molar-refractivity contribution in [3.8, 4) is 23.1 Å². The van der Waals surface area contributed by atoms with Crippen LogP contribution in [0.2, 0.25) is 0 Å². The maximum absolute atomic E-state index is 13.3. The molecule has 0 saturated heterocycles. The van der Waals surface area contributed by atoms with Gasteiger partial charge in [-0.05, 0) is 29.8 Å². The number of hydrogen-bond donors (Lipinski definition) is 0. The van der Waals surface area contributed by atoms with E-state index < -0.39 is 12.5 Å². The summed E-state index contributed by atoms with van der Waals surface area (Å²) in [4.78, 5) is 26.2. The summed E-state index contributed by atoms with van der Waals surface area (Å²) < 4.78 is 30.1. The summed E-state index contributed by atoms with van der Waals surface area (Å²) in [6.07, 6.45) is 1.34. The highest BCUT2D eigenvalue weighted by atomic mass is 19.3. The van der Waals surface area contributed by atoms with Crippen LogP contribution in [0.5, 0.6) is 5.75 Å². The van der Waals surface area contributed by atoms with Crippen molar-refractivity contribution < 1.29 is 23.1 Å². The average molecular weight is 441 g/mol. The average Bonchev–Trinajstić information content (AvgIpc) is 3.22. The monoisotopic (exact) mass is 441 g/mol. The second kappa shape index (κ2) is 7.80. The zero-order valence-electron chi connectivity index (χ0n) is 16.8. The summed E-state index contributed by atoms with van der Waals surface area (Å²) in [7, 11) is 0. The van der Waals surface area contributed by atoms with Crippen LogP contribution >= 0.6 is 0 Å². The Labute approximate surface area is 185 Å². The highest BCUT2D eigenvalue weighted by Crippen LogP contribution is 2.38. The van der Waals surface area contributed by atoms with Gasteiger partial charge in [0.05, 0.1) is 5.52 Å². The number of halogens is 2. The molecule has 5 rings (SSSR count). The van der Waals surface area contributed by atoms with E-state index in [9.17, 15) is 23.6 Å². The Morgan fingerprint density at radius 1 is 1.00 bits per heavy atom. The highest BCUT2D eigenvalue weighted by molar-refractivity contribution is 6.26. The number of ketones is 1. The van der Waals surface area contributed by atoms with E-state index in [2.05, 4.69) is 9.84 Å². The first-order valence-electron chi connectivity index (χ1n) is 9.85. The predicted octanol–water partition coefficient (Wildman–Crippen LogP) is 5.10. The number of ether oxygens (including phenoxy) is 1. The highest BCUT2D eigenvalue weighted by Gasteiger charge is 2.30. The van der Waals surface area contributed by atoms with Crippen LogP contribution in [0, 0.1) is 11.3 Å². The van der Waals surface area contributed by atoms with Gasteiger partial charge in [0.2, 0.25) is 0 Å². The largest absolute Gasteiger partial charge is 0.435 e. The van der Waals surface area contributed by atoms with Gasteiger partial charge in [0.1, 0.15) is 23.1 Å². The van der Waals surface area contributed by atoms with Gasteiger partial charge in [-0.15, -0.1) is 0 Å². The number of carbonyl (C=O) groups is 2. The molecule has 1 aliphatic rings. The van der Waals surface area contributed by atoms with E-state index in [1.54, 1.807) is 42.5 Å². The van der Waals surface area contributed by atoms with Gasteiger partial charge < -0.3 is 4.74 Å². The fourth-order valence-electron chi connectivity index (χ4n) is 3.90. The maximum atomic E-state index is 13.3. The van der Waals surface area contributed by atoms with Crippen LogP contribution in [0.4, 0.5) is 8.78 Å². The summed E-state index contributed by atoms with van der Waals surface area (Å²) in [5, 5.41) is 14.7. The summed E-state index contributed by atoms with van der Waals surface area (Å²) in [6.45, 7) is -2.95. The Bertz CT molecular complexity index is 1510. The number of hydrogen-bond acceptors (Lipinski definition) is 5. The number of nitriles is 1. The third-order valence-corrected chi connectivity index (χ3v) is 5.34. The van der Waals surface area contributed by atoms with Crippen molar-refractivity contribution in [3.05, 3.63) is 89.0 Å². The van der Waals surface area contributed by atoms with Crippen LogP contribution in [-0.2, 0) is 0 Å². The van der Waals surface area contributed by atoms with Crippen LogP contribution < -0.4 is 4.74 Å². The minimum Gasteiger partial charge on any atom is -0.435 e. The Morgan fingerprint density at radius 3 is 2.39 bits per heavy atom. The molecule has 3 aromatic carbocycles. The zero-order chi connectivity index (χ0) is 23.1. The third kappa shape index (κ3) is 3.36. The molecule has 160 valence electrons. The van der Waals surface area contributed by atoms with Crippen molar-refractivity contribution in [3.63, 3.8) is 0 Å². The van der Waals surface area contributed by atoms with Gasteiger partial charge in [-0.2, -0.15) is 23.8 Å². The van der Waals surface area contributed by atoms with Crippen molar-refractivity contribution in [2.45, 2.75) is 6.61 Å². The number of carbonyl (C=O) groups excluding carboxylic acids is 2. The number of allylic oxidation sites excluding steroid dienone is 1. The lowest BCUT2D eigenvalue weighted by atomic mass is 9.87. The van der Waals surface area contributed by atoms with E-state index >= 15 is 0 Å². The van der Waals surface area contributed by atoms with Gasteiger partial charge in [0.15, 0.2) is 5.78 Å². The van der Waals surface area contributed by atoms with E-state index in [0.717, 1.165) is 4.68 Å². The maximum Gasteiger partial charge on any atom is 0.387 e. The fourth-order valence-corrected chi connectivity index (χ4v) is 3.90. The minimum atomic E-state index is -2.95. The third-order valence-electron chi connectivity index (χ3n) is 5.34. The standard InChI is InChI=1S/C25H13F2N3O3/c26-25(27)33-16-10-8-14(9-11-16)12-15(13-28)24(32)30-20-7-3-6-19-21(20)22(29-30)17-4-1-2-5-18(17)23(19)31/h1-12,25H/b15-12+. The van der Waals surface area contributed by atoms with Crippen LogP contribution in [-0.4, -0.2) is 28.1 Å². The second-order valence-electron chi connectivity index (χ2n) is 7.26. The lowest BCUT2D eigenvalue weighted by molar-refractivity contribution is -0.0498. The van der Waals surface area contributed by atoms with E-state index in [1.807, 2.05) is 6.07 Å². The molecule has 0 aliphatic heterocycles.